The van der Waals surface area contributed by atoms with E-state index in [1.54, 1.807) is 7.11 Å². The van der Waals surface area contributed by atoms with Crippen molar-refractivity contribution in [3.8, 4) is 0 Å². The average molecular weight is 240 g/mol. The zero-order valence-electron chi connectivity index (χ0n) is 10.7. The summed E-state index contributed by atoms with van der Waals surface area (Å²) in [6.07, 6.45) is 6.69. The lowest BCUT2D eigenvalue weighted by Gasteiger charge is -2.31. The Bertz CT molecular complexity index is 258. The average Bonchev–Trinajstić information content (AvgIpc) is 3.13. The number of hydrogen-bond acceptors (Lipinski definition) is 3. The molecule has 0 aromatic heterocycles. The summed E-state index contributed by atoms with van der Waals surface area (Å²) in [5.74, 6) is 0.790. The molecule has 4 heteroatoms. The minimum Gasteiger partial charge on any atom is -0.383 e. The van der Waals surface area contributed by atoms with E-state index in [1.807, 2.05) is 0 Å². The number of primary amides is 1. The van der Waals surface area contributed by atoms with Gasteiger partial charge in [-0.25, -0.2) is 0 Å². The molecule has 2 fully saturated rings. The predicted octanol–water partition coefficient (Wildman–Crippen LogP) is 1.05. The maximum absolute atomic E-state index is 11.1. The Kier molecular flexibility index (Phi) is 4.40. The predicted molar refractivity (Wildman–Crippen MR) is 66.5 cm³/mol. The van der Waals surface area contributed by atoms with Crippen LogP contribution in [-0.4, -0.2) is 31.7 Å². The maximum Gasteiger partial charge on any atom is 0.220 e. The van der Waals surface area contributed by atoms with Gasteiger partial charge in [0.1, 0.15) is 0 Å². The second-order valence-corrected chi connectivity index (χ2v) is 5.52. The van der Waals surface area contributed by atoms with Crippen LogP contribution in [0.5, 0.6) is 0 Å². The van der Waals surface area contributed by atoms with E-state index in [2.05, 4.69) is 5.32 Å². The molecule has 4 nitrogen and oxygen atoms in total. The lowest BCUT2D eigenvalue weighted by Crippen LogP contribution is -2.45. The first-order valence-corrected chi connectivity index (χ1v) is 6.75. The van der Waals surface area contributed by atoms with Crippen LogP contribution >= 0.6 is 0 Å². The molecule has 1 atom stereocenters. The minimum absolute atomic E-state index is 0.106. The molecule has 3 N–H and O–H groups in total. The maximum atomic E-state index is 11.1. The molecule has 0 radical (unpaired) electrons. The Morgan fingerprint density at radius 2 is 1.94 bits per heavy atom. The number of methoxy groups -OCH3 is 1. The van der Waals surface area contributed by atoms with Gasteiger partial charge in [0.2, 0.25) is 5.91 Å². The van der Waals surface area contributed by atoms with E-state index in [1.165, 1.54) is 12.8 Å². The van der Waals surface area contributed by atoms with Crippen molar-refractivity contribution in [2.75, 3.05) is 13.7 Å². The number of rotatable bonds is 6. The molecule has 0 spiro atoms. The van der Waals surface area contributed by atoms with Crippen molar-refractivity contribution in [3.63, 3.8) is 0 Å². The second kappa shape index (κ2) is 5.83. The smallest absolute Gasteiger partial charge is 0.220 e. The third kappa shape index (κ3) is 3.68. The summed E-state index contributed by atoms with van der Waals surface area (Å²) in [5, 5.41) is 3.70. The quantitative estimate of drug-likeness (QED) is 0.729. The summed E-state index contributed by atoms with van der Waals surface area (Å²) in [7, 11) is 1.76. The normalized spacial score (nSPS) is 31.1. The van der Waals surface area contributed by atoms with Crippen molar-refractivity contribution in [2.24, 2.45) is 17.6 Å². The summed E-state index contributed by atoms with van der Waals surface area (Å²) in [5.41, 5.74) is 5.34. The fourth-order valence-electron chi connectivity index (χ4n) is 2.85. The molecule has 0 aromatic carbocycles. The van der Waals surface area contributed by atoms with Crippen LogP contribution in [-0.2, 0) is 9.53 Å². The number of nitrogens with two attached hydrogens (primary N) is 1. The second-order valence-electron chi connectivity index (χ2n) is 5.52. The van der Waals surface area contributed by atoms with Gasteiger partial charge in [-0.2, -0.15) is 0 Å². The van der Waals surface area contributed by atoms with Gasteiger partial charge in [0.15, 0.2) is 0 Å². The van der Waals surface area contributed by atoms with Gasteiger partial charge in [-0.05, 0) is 44.4 Å². The molecule has 98 valence electrons. The molecular weight excluding hydrogens is 216 g/mol. The fraction of sp³-hybridized carbons (Fsp3) is 0.923. The van der Waals surface area contributed by atoms with Crippen molar-refractivity contribution in [1.29, 1.82) is 0 Å². The molecule has 0 aromatic rings. The van der Waals surface area contributed by atoms with Crippen LogP contribution in [0.25, 0.3) is 0 Å². The van der Waals surface area contributed by atoms with Gasteiger partial charge in [0.05, 0.1) is 6.61 Å². The molecule has 0 bridgehead atoms. The van der Waals surface area contributed by atoms with E-state index < -0.39 is 0 Å². The summed E-state index contributed by atoms with van der Waals surface area (Å²) < 4.78 is 5.27. The molecule has 2 aliphatic rings. The minimum atomic E-state index is -0.126. The standard InChI is InChI=1S/C13H24N2O2/c1-17-8-12(9-2-3-9)15-11-6-4-10(5-7-11)13(14)16/h9-12,15H,2-8H2,1H3,(H2,14,16). The monoisotopic (exact) mass is 240 g/mol. The third-order valence-electron chi connectivity index (χ3n) is 4.12. The van der Waals surface area contributed by atoms with Crippen molar-refractivity contribution in [2.45, 2.75) is 50.6 Å². The van der Waals surface area contributed by atoms with Gasteiger partial charge in [0.25, 0.3) is 0 Å². The first kappa shape index (κ1) is 12.8. The van der Waals surface area contributed by atoms with Crippen LogP contribution in [0.15, 0.2) is 0 Å². The summed E-state index contributed by atoms with van der Waals surface area (Å²) in [6.45, 7) is 0.806. The molecule has 1 unspecified atom stereocenters. The molecule has 2 rings (SSSR count). The van der Waals surface area contributed by atoms with Crippen LogP contribution < -0.4 is 11.1 Å². The highest BCUT2D eigenvalue weighted by molar-refractivity contribution is 5.76. The first-order chi connectivity index (χ1) is 8.20. The van der Waals surface area contributed by atoms with Crippen LogP contribution in [0.2, 0.25) is 0 Å². The molecule has 2 saturated carbocycles. The summed E-state index contributed by atoms with van der Waals surface area (Å²) in [6, 6.07) is 1.06. The van der Waals surface area contributed by atoms with E-state index in [9.17, 15) is 4.79 Å². The van der Waals surface area contributed by atoms with E-state index in [4.69, 9.17) is 10.5 Å². The van der Waals surface area contributed by atoms with E-state index in [0.717, 1.165) is 38.2 Å². The molecule has 17 heavy (non-hydrogen) atoms. The van der Waals surface area contributed by atoms with Crippen molar-refractivity contribution in [3.05, 3.63) is 0 Å². The molecule has 0 heterocycles. The summed E-state index contributed by atoms with van der Waals surface area (Å²) >= 11 is 0. The van der Waals surface area contributed by atoms with E-state index in [0.29, 0.717) is 12.1 Å². The Morgan fingerprint density at radius 3 is 2.41 bits per heavy atom. The Balaban J connectivity index is 1.74. The van der Waals surface area contributed by atoms with E-state index >= 15 is 0 Å². The molecule has 2 aliphatic carbocycles. The van der Waals surface area contributed by atoms with Crippen LogP contribution in [0.3, 0.4) is 0 Å². The Morgan fingerprint density at radius 1 is 1.29 bits per heavy atom. The van der Waals surface area contributed by atoms with E-state index in [-0.39, 0.29) is 11.8 Å². The number of carbonyl (C=O) groups excluding carboxylic acids is 1. The topological polar surface area (TPSA) is 64.3 Å². The summed E-state index contributed by atoms with van der Waals surface area (Å²) in [4.78, 5) is 11.1. The zero-order chi connectivity index (χ0) is 12.3. The van der Waals surface area contributed by atoms with Crippen LogP contribution in [0, 0.1) is 11.8 Å². The van der Waals surface area contributed by atoms with Gasteiger partial charge in [-0.1, -0.05) is 0 Å². The zero-order valence-corrected chi connectivity index (χ0v) is 10.7. The molecule has 1 amide bonds. The van der Waals surface area contributed by atoms with Crippen molar-refractivity contribution < 1.29 is 9.53 Å². The van der Waals surface area contributed by atoms with Gasteiger partial charge >= 0.3 is 0 Å². The highest BCUT2D eigenvalue weighted by atomic mass is 16.5. The largest absolute Gasteiger partial charge is 0.383 e. The number of hydrogen-bond donors (Lipinski definition) is 2. The van der Waals surface area contributed by atoms with Gasteiger partial charge in [0, 0.05) is 25.1 Å². The third-order valence-corrected chi connectivity index (χ3v) is 4.12. The molecular formula is C13H24N2O2. The number of ether oxygens (including phenoxy) is 1. The van der Waals surface area contributed by atoms with Crippen molar-refractivity contribution in [1.82, 2.24) is 5.32 Å². The molecule has 0 aliphatic heterocycles. The van der Waals surface area contributed by atoms with Crippen molar-refractivity contribution >= 4 is 5.91 Å². The van der Waals surface area contributed by atoms with Gasteiger partial charge in [-0.15, -0.1) is 0 Å². The van der Waals surface area contributed by atoms with Gasteiger partial charge < -0.3 is 15.8 Å². The Labute approximate surface area is 103 Å². The SMILES string of the molecule is COCC(NC1CCC(C(N)=O)CC1)C1CC1. The highest BCUT2D eigenvalue weighted by Crippen LogP contribution is 2.34. The first-order valence-electron chi connectivity index (χ1n) is 6.75. The number of amides is 1. The fourth-order valence-corrected chi connectivity index (χ4v) is 2.85. The Hall–Kier alpha value is -0.610. The number of carbonyl (C=O) groups is 1. The van der Waals surface area contributed by atoms with Crippen LogP contribution in [0.4, 0.5) is 0 Å². The van der Waals surface area contributed by atoms with Gasteiger partial charge in [-0.3, -0.25) is 4.79 Å². The number of nitrogens with one attached hydrogen (secondary N) is 1. The molecule has 0 saturated heterocycles. The lowest BCUT2D eigenvalue weighted by molar-refractivity contribution is -0.122. The lowest BCUT2D eigenvalue weighted by atomic mass is 9.85. The highest BCUT2D eigenvalue weighted by Gasteiger charge is 2.33. The van der Waals surface area contributed by atoms with Crippen LogP contribution in [0.1, 0.15) is 38.5 Å².